The summed E-state index contributed by atoms with van der Waals surface area (Å²) in [6.07, 6.45) is 1.13. The quantitative estimate of drug-likeness (QED) is 0.583. The predicted octanol–water partition coefficient (Wildman–Crippen LogP) is 4.23. The first-order chi connectivity index (χ1) is 7.83. The summed E-state index contributed by atoms with van der Waals surface area (Å²) in [4.78, 5) is 12.0. The number of carbonyl (C=O) groups excluding carboxylic acids is 1. The molecular weight excluding hydrogens is 236 g/mol. The topological polar surface area (TPSA) is 17.1 Å². The molecule has 3 heteroatoms. The first-order valence-electron chi connectivity index (χ1n) is 5.40. The Kier molecular flexibility index (Phi) is 4.02. The Labute approximate surface area is 104 Å². The van der Waals surface area contributed by atoms with E-state index in [-0.39, 0.29) is 5.78 Å². The van der Waals surface area contributed by atoms with Crippen LogP contribution in [-0.2, 0) is 0 Å². The van der Waals surface area contributed by atoms with Gasteiger partial charge in [0.25, 0.3) is 0 Å². The number of fused-ring (bicyclic) bond motifs is 1. The first-order valence-corrected chi connectivity index (χ1v) is 7.43. The lowest BCUT2D eigenvalue weighted by atomic mass is 10.1. The van der Waals surface area contributed by atoms with E-state index in [0.29, 0.717) is 5.75 Å². The molecule has 0 bridgehead atoms. The summed E-state index contributed by atoms with van der Waals surface area (Å²) < 4.78 is 1.13. The van der Waals surface area contributed by atoms with E-state index in [0.717, 1.165) is 22.4 Å². The molecule has 0 N–H and O–H groups in total. The number of hydrogen-bond acceptors (Lipinski definition) is 3. The van der Waals surface area contributed by atoms with Crippen LogP contribution in [0.3, 0.4) is 0 Å². The fraction of sp³-hybridized carbons (Fsp3) is 0.308. The summed E-state index contributed by atoms with van der Waals surface area (Å²) in [7, 11) is 0. The van der Waals surface area contributed by atoms with Crippen LogP contribution in [0.4, 0.5) is 0 Å². The van der Waals surface area contributed by atoms with E-state index in [9.17, 15) is 4.79 Å². The summed E-state index contributed by atoms with van der Waals surface area (Å²) >= 11 is 3.37. The van der Waals surface area contributed by atoms with Crippen molar-refractivity contribution in [2.75, 3.05) is 11.5 Å². The summed E-state index contributed by atoms with van der Waals surface area (Å²) in [5.41, 5.74) is 0.885. The maximum Gasteiger partial charge on any atom is 0.174 e. The van der Waals surface area contributed by atoms with E-state index < -0.39 is 0 Å². The monoisotopic (exact) mass is 250 g/mol. The molecule has 16 heavy (non-hydrogen) atoms. The third-order valence-corrected chi connectivity index (χ3v) is 4.49. The van der Waals surface area contributed by atoms with Crippen LogP contribution in [0.15, 0.2) is 29.6 Å². The lowest BCUT2D eigenvalue weighted by Crippen LogP contribution is -2.02. The highest BCUT2D eigenvalue weighted by Crippen LogP contribution is 2.25. The lowest BCUT2D eigenvalue weighted by molar-refractivity contribution is 0.102. The molecule has 84 valence electrons. The van der Waals surface area contributed by atoms with Crippen LogP contribution in [0.1, 0.15) is 23.7 Å². The summed E-state index contributed by atoms with van der Waals surface area (Å²) in [5, 5.41) is 3.22. The second-order valence-electron chi connectivity index (χ2n) is 3.62. The van der Waals surface area contributed by atoms with Crippen LogP contribution in [-0.4, -0.2) is 17.3 Å². The van der Waals surface area contributed by atoms with E-state index in [2.05, 4.69) is 19.1 Å². The molecule has 2 aromatic rings. The molecule has 0 saturated heterocycles. The number of Topliss-reactive ketones (excluding diaryl/α,β-unsaturated/α-hetero) is 1. The van der Waals surface area contributed by atoms with Crippen molar-refractivity contribution >= 4 is 39.0 Å². The van der Waals surface area contributed by atoms with Gasteiger partial charge in [0.15, 0.2) is 5.78 Å². The van der Waals surface area contributed by atoms with Gasteiger partial charge in [-0.2, -0.15) is 11.8 Å². The molecule has 1 heterocycles. The van der Waals surface area contributed by atoms with Crippen molar-refractivity contribution in [3.05, 3.63) is 35.2 Å². The molecular formula is C13H14OS2. The number of rotatable bonds is 5. The smallest absolute Gasteiger partial charge is 0.174 e. The van der Waals surface area contributed by atoms with Gasteiger partial charge in [-0.05, 0) is 35.1 Å². The summed E-state index contributed by atoms with van der Waals surface area (Å²) in [5.74, 6) is 1.92. The standard InChI is InChI=1S/C13H14OS2/c1-2-7-15-9-12(14)11-5-3-4-10-6-8-16-13(10)11/h3-6,8H,2,7,9H2,1H3. The van der Waals surface area contributed by atoms with E-state index >= 15 is 0 Å². The molecule has 2 rings (SSSR count). The number of thiophene rings is 1. The highest BCUT2D eigenvalue weighted by atomic mass is 32.2. The van der Waals surface area contributed by atoms with Crippen LogP contribution in [0.5, 0.6) is 0 Å². The van der Waals surface area contributed by atoms with E-state index in [1.807, 2.05) is 17.5 Å². The number of benzene rings is 1. The van der Waals surface area contributed by atoms with Crippen molar-refractivity contribution in [1.29, 1.82) is 0 Å². The molecule has 0 aliphatic carbocycles. The van der Waals surface area contributed by atoms with Gasteiger partial charge in [0, 0.05) is 10.3 Å². The Bertz CT molecular complexity index is 487. The van der Waals surface area contributed by atoms with Gasteiger partial charge < -0.3 is 0 Å². The summed E-state index contributed by atoms with van der Waals surface area (Å²) in [6.45, 7) is 2.14. The average Bonchev–Trinajstić information content (AvgIpc) is 2.76. The molecule has 0 atom stereocenters. The van der Waals surface area contributed by atoms with Crippen molar-refractivity contribution < 1.29 is 4.79 Å². The Hall–Kier alpha value is -0.800. The molecule has 1 aromatic heterocycles. The van der Waals surface area contributed by atoms with E-state index in [1.54, 1.807) is 23.1 Å². The fourth-order valence-corrected chi connectivity index (χ4v) is 3.31. The van der Waals surface area contributed by atoms with Gasteiger partial charge in [0.05, 0.1) is 5.75 Å². The number of thioether (sulfide) groups is 1. The Morgan fingerprint density at radius 2 is 2.25 bits per heavy atom. The third kappa shape index (κ3) is 2.47. The van der Waals surface area contributed by atoms with Crippen molar-refractivity contribution in [2.24, 2.45) is 0 Å². The highest BCUT2D eigenvalue weighted by Gasteiger charge is 2.10. The normalized spacial score (nSPS) is 10.8. The molecule has 1 aromatic carbocycles. The van der Waals surface area contributed by atoms with Crippen LogP contribution in [0.2, 0.25) is 0 Å². The maximum atomic E-state index is 12.0. The Morgan fingerprint density at radius 3 is 3.06 bits per heavy atom. The number of hydrogen-bond donors (Lipinski definition) is 0. The molecule has 0 aliphatic heterocycles. The Morgan fingerprint density at radius 1 is 1.38 bits per heavy atom. The SMILES string of the molecule is CCCSCC(=O)c1cccc2ccsc12. The molecule has 0 spiro atoms. The van der Waals surface area contributed by atoms with Gasteiger partial charge in [-0.1, -0.05) is 19.1 Å². The minimum atomic E-state index is 0.256. The average molecular weight is 250 g/mol. The van der Waals surface area contributed by atoms with Gasteiger partial charge in [0.2, 0.25) is 0 Å². The highest BCUT2D eigenvalue weighted by molar-refractivity contribution is 7.99. The number of carbonyl (C=O) groups is 1. The van der Waals surface area contributed by atoms with Gasteiger partial charge in [-0.3, -0.25) is 4.79 Å². The molecule has 0 unspecified atom stereocenters. The second-order valence-corrected chi connectivity index (χ2v) is 5.64. The largest absolute Gasteiger partial charge is 0.293 e. The first kappa shape index (κ1) is 11.7. The minimum Gasteiger partial charge on any atom is -0.293 e. The second kappa shape index (κ2) is 5.51. The van der Waals surface area contributed by atoms with Crippen LogP contribution >= 0.6 is 23.1 Å². The van der Waals surface area contributed by atoms with E-state index in [4.69, 9.17) is 0 Å². The van der Waals surface area contributed by atoms with Gasteiger partial charge in [-0.15, -0.1) is 11.3 Å². The van der Waals surface area contributed by atoms with Crippen LogP contribution in [0.25, 0.3) is 10.1 Å². The molecule has 0 saturated carbocycles. The zero-order valence-electron chi connectivity index (χ0n) is 9.23. The number of ketones is 1. The van der Waals surface area contributed by atoms with Crippen LogP contribution in [0, 0.1) is 0 Å². The zero-order chi connectivity index (χ0) is 11.4. The molecule has 0 aliphatic rings. The van der Waals surface area contributed by atoms with Gasteiger partial charge >= 0.3 is 0 Å². The molecule has 0 radical (unpaired) electrons. The van der Waals surface area contributed by atoms with Crippen molar-refractivity contribution in [3.63, 3.8) is 0 Å². The van der Waals surface area contributed by atoms with Gasteiger partial charge in [-0.25, -0.2) is 0 Å². The van der Waals surface area contributed by atoms with Crippen LogP contribution < -0.4 is 0 Å². The predicted molar refractivity (Wildman–Crippen MR) is 73.8 cm³/mol. The van der Waals surface area contributed by atoms with Gasteiger partial charge in [0.1, 0.15) is 0 Å². The minimum absolute atomic E-state index is 0.256. The zero-order valence-corrected chi connectivity index (χ0v) is 10.9. The molecule has 1 nitrogen and oxygen atoms in total. The van der Waals surface area contributed by atoms with E-state index in [1.165, 1.54) is 5.39 Å². The summed E-state index contributed by atoms with van der Waals surface area (Å²) in [6, 6.07) is 8.03. The maximum absolute atomic E-state index is 12.0. The van der Waals surface area contributed by atoms with Crippen molar-refractivity contribution in [3.8, 4) is 0 Å². The Balaban J connectivity index is 2.19. The molecule has 0 amide bonds. The fourth-order valence-electron chi connectivity index (χ4n) is 1.60. The molecule has 0 fully saturated rings. The third-order valence-electron chi connectivity index (χ3n) is 2.36. The lowest BCUT2D eigenvalue weighted by Gasteiger charge is -2.02. The van der Waals surface area contributed by atoms with Crippen molar-refractivity contribution in [1.82, 2.24) is 0 Å². The van der Waals surface area contributed by atoms with Crippen molar-refractivity contribution in [2.45, 2.75) is 13.3 Å².